The minimum atomic E-state index is -3.52. The number of ether oxygens (including phenoxy) is 1. The van der Waals surface area contributed by atoms with Crippen LogP contribution in [0.3, 0.4) is 0 Å². The average molecular weight is 308 g/mol. The van der Waals surface area contributed by atoms with E-state index in [-0.39, 0.29) is 9.81 Å². The zero-order valence-electron chi connectivity index (χ0n) is 13.3. The second-order valence-electron chi connectivity index (χ2n) is 4.00. The summed E-state index contributed by atoms with van der Waals surface area (Å²) in [5.74, 6) is 0.607. The van der Waals surface area contributed by atoms with Crippen molar-refractivity contribution < 1.29 is 13.2 Å². The molecule has 0 aromatic rings. The summed E-state index contributed by atoms with van der Waals surface area (Å²) in [6, 6.07) is 0. The van der Waals surface area contributed by atoms with E-state index in [2.05, 4.69) is 0 Å². The molecule has 0 spiro atoms. The molecule has 0 saturated heterocycles. The molecular formula is C17H24O3S. The summed E-state index contributed by atoms with van der Waals surface area (Å²) in [5.41, 5.74) is 0. The highest BCUT2D eigenvalue weighted by Crippen LogP contribution is 2.20. The quantitative estimate of drug-likeness (QED) is 0.515. The van der Waals surface area contributed by atoms with E-state index < -0.39 is 9.84 Å². The van der Waals surface area contributed by atoms with Crippen molar-refractivity contribution in [2.45, 2.75) is 27.7 Å². The Kier molecular flexibility index (Phi) is 9.13. The molecular weight excluding hydrogens is 284 g/mol. The van der Waals surface area contributed by atoms with Crippen molar-refractivity contribution in [3.05, 3.63) is 70.3 Å². The lowest BCUT2D eigenvalue weighted by molar-refractivity contribution is 0.306. The predicted octanol–water partition coefficient (Wildman–Crippen LogP) is 4.45. The molecule has 0 aliphatic heterocycles. The van der Waals surface area contributed by atoms with Crippen LogP contribution >= 0.6 is 0 Å². The summed E-state index contributed by atoms with van der Waals surface area (Å²) in [6.45, 7) is 7.10. The predicted molar refractivity (Wildman–Crippen MR) is 90.3 cm³/mol. The van der Waals surface area contributed by atoms with Crippen molar-refractivity contribution in [1.82, 2.24) is 0 Å². The van der Waals surface area contributed by atoms with Crippen LogP contribution in [0, 0.1) is 0 Å². The van der Waals surface area contributed by atoms with Crippen LogP contribution in [0.15, 0.2) is 70.3 Å². The molecule has 0 N–H and O–H groups in total. The molecule has 0 amide bonds. The molecule has 116 valence electrons. The number of methoxy groups -OCH3 is 1. The first-order chi connectivity index (χ1) is 9.97. The van der Waals surface area contributed by atoms with Gasteiger partial charge in [-0.1, -0.05) is 30.4 Å². The van der Waals surface area contributed by atoms with Crippen molar-refractivity contribution in [2.24, 2.45) is 0 Å². The first-order valence-corrected chi connectivity index (χ1v) is 8.21. The van der Waals surface area contributed by atoms with Crippen molar-refractivity contribution in [1.29, 1.82) is 0 Å². The van der Waals surface area contributed by atoms with Gasteiger partial charge in [0.15, 0.2) is 0 Å². The molecule has 3 nitrogen and oxygen atoms in total. The molecule has 0 bridgehead atoms. The largest absolute Gasteiger partial charge is 0.497 e. The molecule has 0 aromatic carbocycles. The fourth-order valence-electron chi connectivity index (χ4n) is 1.53. The first-order valence-electron chi connectivity index (χ1n) is 6.73. The molecule has 0 radical (unpaired) electrons. The Bertz CT molecular complexity index is 598. The number of hydrogen-bond acceptors (Lipinski definition) is 3. The van der Waals surface area contributed by atoms with Crippen molar-refractivity contribution in [3.63, 3.8) is 0 Å². The third kappa shape index (κ3) is 6.00. The maximum atomic E-state index is 12.6. The number of hydrogen-bond donors (Lipinski definition) is 0. The molecule has 0 aliphatic rings. The molecule has 0 saturated carbocycles. The zero-order chi connectivity index (χ0) is 16.3. The van der Waals surface area contributed by atoms with Crippen LogP contribution in [-0.4, -0.2) is 15.5 Å². The smallest absolute Gasteiger partial charge is 0.205 e. The molecule has 0 heterocycles. The van der Waals surface area contributed by atoms with Crippen LogP contribution in [-0.2, 0) is 14.6 Å². The van der Waals surface area contributed by atoms with Gasteiger partial charge in [-0.15, -0.1) is 0 Å². The van der Waals surface area contributed by atoms with Crippen LogP contribution in [0.1, 0.15) is 27.7 Å². The van der Waals surface area contributed by atoms with Gasteiger partial charge in [-0.3, -0.25) is 0 Å². The fourth-order valence-corrected chi connectivity index (χ4v) is 2.92. The number of sulfone groups is 1. The molecule has 0 fully saturated rings. The lowest BCUT2D eigenvalue weighted by atomic mass is 10.4. The Morgan fingerprint density at radius 2 is 1.38 bits per heavy atom. The Balaban J connectivity index is 5.55. The Hall–Kier alpha value is -1.81. The summed E-state index contributed by atoms with van der Waals surface area (Å²) < 4.78 is 30.2. The Morgan fingerprint density at radius 3 is 1.81 bits per heavy atom. The van der Waals surface area contributed by atoms with Gasteiger partial charge in [-0.25, -0.2) is 8.42 Å². The molecule has 0 aliphatic carbocycles. The monoisotopic (exact) mass is 308 g/mol. The maximum Gasteiger partial charge on any atom is 0.205 e. The van der Waals surface area contributed by atoms with Gasteiger partial charge < -0.3 is 4.74 Å². The highest BCUT2D eigenvalue weighted by Gasteiger charge is 2.18. The fraction of sp³-hybridized carbons (Fsp3) is 0.294. The minimum Gasteiger partial charge on any atom is -0.497 e. The van der Waals surface area contributed by atoms with Gasteiger partial charge in [-0.2, -0.15) is 0 Å². The molecule has 0 aromatic heterocycles. The van der Waals surface area contributed by atoms with Crippen LogP contribution in [0.5, 0.6) is 0 Å². The van der Waals surface area contributed by atoms with Gasteiger partial charge in [0.2, 0.25) is 9.84 Å². The van der Waals surface area contributed by atoms with Crippen LogP contribution < -0.4 is 0 Å². The van der Waals surface area contributed by atoms with Gasteiger partial charge in [0.05, 0.1) is 16.9 Å². The minimum absolute atomic E-state index is 0.233. The van der Waals surface area contributed by atoms with Gasteiger partial charge in [0.25, 0.3) is 0 Å². The van der Waals surface area contributed by atoms with Crippen LogP contribution in [0.25, 0.3) is 0 Å². The van der Waals surface area contributed by atoms with Gasteiger partial charge in [-0.05, 0) is 52.0 Å². The lowest BCUT2D eigenvalue weighted by Crippen LogP contribution is -2.04. The highest BCUT2D eigenvalue weighted by atomic mass is 32.2. The summed E-state index contributed by atoms with van der Waals surface area (Å²) in [6.07, 6.45) is 15.0. The van der Waals surface area contributed by atoms with Crippen molar-refractivity contribution in [2.75, 3.05) is 7.11 Å². The van der Waals surface area contributed by atoms with E-state index in [1.165, 1.54) is 0 Å². The molecule has 21 heavy (non-hydrogen) atoms. The number of allylic oxidation sites excluding steroid dienone is 9. The molecule has 0 atom stereocenters. The molecule has 4 heteroatoms. The maximum absolute atomic E-state index is 12.6. The summed E-state index contributed by atoms with van der Waals surface area (Å²) in [4.78, 5) is 0.495. The van der Waals surface area contributed by atoms with E-state index in [0.29, 0.717) is 5.76 Å². The van der Waals surface area contributed by atoms with Gasteiger partial charge in [0.1, 0.15) is 5.76 Å². The first kappa shape index (κ1) is 19.2. The molecule has 0 rings (SSSR count). The van der Waals surface area contributed by atoms with E-state index in [0.717, 1.165) is 0 Å². The SMILES string of the molecule is C\C=C/C=C\C(=C/C)S(=O)(=O)C(/C=C\C(=C/C)OC)=C/C. The topological polar surface area (TPSA) is 43.4 Å². The van der Waals surface area contributed by atoms with E-state index in [1.54, 1.807) is 69.6 Å². The second kappa shape index (κ2) is 10.00. The van der Waals surface area contributed by atoms with E-state index in [4.69, 9.17) is 4.74 Å². The average Bonchev–Trinajstić information content (AvgIpc) is 2.47. The highest BCUT2D eigenvalue weighted by molar-refractivity contribution is 7.99. The van der Waals surface area contributed by atoms with Crippen LogP contribution in [0.4, 0.5) is 0 Å². The third-order valence-corrected chi connectivity index (χ3v) is 4.67. The van der Waals surface area contributed by atoms with Gasteiger partial charge >= 0.3 is 0 Å². The Morgan fingerprint density at radius 1 is 0.810 bits per heavy atom. The lowest BCUT2D eigenvalue weighted by Gasteiger charge is -2.06. The zero-order valence-corrected chi connectivity index (χ0v) is 14.1. The number of rotatable bonds is 7. The van der Waals surface area contributed by atoms with Crippen molar-refractivity contribution in [3.8, 4) is 0 Å². The van der Waals surface area contributed by atoms with E-state index >= 15 is 0 Å². The standard InChI is InChI=1S/C17H24O3S/c1-6-10-11-12-16(8-3)21(18,19)17(9-4)14-13-15(7-2)20-5/h6-14H,1-5H3/b10-6-,12-11-,14-13-,15-7+,16-8+,17-9+. The summed E-state index contributed by atoms with van der Waals surface area (Å²) in [7, 11) is -1.98. The van der Waals surface area contributed by atoms with E-state index in [1.807, 2.05) is 19.9 Å². The Labute approximate surface area is 128 Å². The summed E-state index contributed by atoms with van der Waals surface area (Å²) in [5, 5.41) is 0. The van der Waals surface area contributed by atoms with Gasteiger partial charge in [0, 0.05) is 0 Å². The van der Waals surface area contributed by atoms with Crippen molar-refractivity contribution >= 4 is 9.84 Å². The van der Waals surface area contributed by atoms with E-state index in [9.17, 15) is 8.42 Å². The van der Waals surface area contributed by atoms with Crippen LogP contribution in [0.2, 0.25) is 0 Å². The normalized spacial score (nSPS) is 15.6. The second-order valence-corrected chi connectivity index (χ2v) is 5.95. The molecule has 0 unspecified atom stereocenters. The third-order valence-electron chi connectivity index (χ3n) is 2.69. The summed E-state index contributed by atoms with van der Waals surface area (Å²) >= 11 is 0.